The average molecular weight is 272 g/mol. The van der Waals surface area contributed by atoms with Crippen LogP contribution in [0.3, 0.4) is 0 Å². The van der Waals surface area contributed by atoms with Crippen molar-refractivity contribution >= 4 is 23.8 Å². The molecule has 5 nitrogen and oxygen atoms in total. The van der Waals surface area contributed by atoms with Crippen molar-refractivity contribution in [2.24, 2.45) is 0 Å². The Hall–Kier alpha value is -0.910. The van der Waals surface area contributed by atoms with Crippen molar-refractivity contribution in [3.05, 3.63) is 0 Å². The van der Waals surface area contributed by atoms with Gasteiger partial charge in [-0.15, -0.1) is 11.8 Å². The van der Waals surface area contributed by atoms with E-state index in [1.165, 1.54) is 16.7 Å². The molecule has 2 unspecified atom stereocenters. The predicted octanol–water partition coefficient (Wildman–Crippen LogP) is 1.83. The number of amides is 2. The van der Waals surface area contributed by atoms with Crippen LogP contribution in [0.25, 0.3) is 0 Å². The first-order valence-electron chi connectivity index (χ1n) is 6.29. The molecule has 2 amide bonds. The lowest BCUT2D eigenvalue weighted by Crippen LogP contribution is -2.54. The van der Waals surface area contributed by atoms with Gasteiger partial charge >= 0.3 is 12.0 Å². The van der Waals surface area contributed by atoms with Gasteiger partial charge in [0.15, 0.2) is 0 Å². The van der Waals surface area contributed by atoms with E-state index in [0.29, 0.717) is 5.75 Å². The number of hydrogen-bond donors (Lipinski definition) is 1. The van der Waals surface area contributed by atoms with Gasteiger partial charge in [-0.05, 0) is 33.6 Å². The van der Waals surface area contributed by atoms with Crippen LogP contribution in [0.4, 0.5) is 4.79 Å². The lowest BCUT2D eigenvalue weighted by atomic mass is 10.0. The van der Waals surface area contributed by atoms with Crippen LogP contribution < -0.4 is 0 Å². The number of nitrogens with zero attached hydrogens (tertiary/aromatic N) is 2. The minimum absolute atomic E-state index is 0.0602. The number of rotatable bonds is 1. The highest BCUT2D eigenvalue weighted by Gasteiger charge is 2.45. The monoisotopic (exact) mass is 272 g/mol. The SMILES string of the molecule is CC1SCC(C(=O)O)N1C(=O)N1CCCC1(C)C. The zero-order valence-corrected chi connectivity index (χ0v) is 11.9. The summed E-state index contributed by atoms with van der Waals surface area (Å²) in [4.78, 5) is 27.1. The van der Waals surface area contributed by atoms with Crippen molar-refractivity contribution in [1.29, 1.82) is 0 Å². The Morgan fingerprint density at radius 3 is 2.56 bits per heavy atom. The van der Waals surface area contributed by atoms with Crippen molar-refractivity contribution in [3.63, 3.8) is 0 Å². The summed E-state index contributed by atoms with van der Waals surface area (Å²) in [6.45, 7) is 6.71. The first-order valence-corrected chi connectivity index (χ1v) is 7.34. The van der Waals surface area contributed by atoms with Gasteiger partial charge < -0.3 is 10.0 Å². The van der Waals surface area contributed by atoms with E-state index in [1.807, 2.05) is 25.7 Å². The molecule has 2 saturated heterocycles. The molecule has 18 heavy (non-hydrogen) atoms. The Morgan fingerprint density at radius 1 is 1.39 bits per heavy atom. The van der Waals surface area contributed by atoms with Crippen LogP contribution in [-0.4, -0.2) is 56.2 Å². The van der Waals surface area contributed by atoms with Gasteiger partial charge in [-0.25, -0.2) is 9.59 Å². The Labute approximate surface area is 112 Å². The molecule has 0 aliphatic carbocycles. The largest absolute Gasteiger partial charge is 0.480 e. The fraction of sp³-hybridized carbons (Fsp3) is 0.833. The van der Waals surface area contributed by atoms with E-state index in [0.717, 1.165) is 19.4 Å². The molecule has 102 valence electrons. The molecule has 1 N–H and O–H groups in total. The molecule has 0 bridgehead atoms. The maximum absolute atomic E-state index is 12.6. The Bertz CT molecular complexity index is 372. The summed E-state index contributed by atoms with van der Waals surface area (Å²) < 4.78 is 0. The summed E-state index contributed by atoms with van der Waals surface area (Å²) in [6.07, 6.45) is 1.97. The lowest BCUT2D eigenvalue weighted by Gasteiger charge is -2.37. The third-order valence-electron chi connectivity index (χ3n) is 3.86. The second-order valence-electron chi connectivity index (χ2n) is 5.54. The number of hydrogen-bond acceptors (Lipinski definition) is 3. The van der Waals surface area contributed by atoms with E-state index >= 15 is 0 Å². The predicted molar refractivity (Wildman–Crippen MR) is 70.6 cm³/mol. The van der Waals surface area contributed by atoms with Crippen LogP contribution in [0.1, 0.15) is 33.6 Å². The van der Waals surface area contributed by atoms with Crippen LogP contribution in [0.15, 0.2) is 0 Å². The summed E-state index contributed by atoms with van der Waals surface area (Å²) in [5, 5.41) is 9.14. The standard InChI is InChI=1S/C12H20N2O3S/c1-8-14(9(7-18-8)10(15)16)11(17)13-6-4-5-12(13,2)3/h8-9H,4-7H2,1-3H3,(H,15,16). The highest BCUT2D eigenvalue weighted by Crippen LogP contribution is 2.34. The molecule has 0 radical (unpaired) electrons. The summed E-state index contributed by atoms with van der Waals surface area (Å²) in [5.74, 6) is -0.423. The van der Waals surface area contributed by atoms with Gasteiger partial charge in [0.25, 0.3) is 0 Å². The van der Waals surface area contributed by atoms with Crippen LogP contribution in [-0.2, 0) is 4.79 Å². The number of urea groups is 1. The van der Waals surface area contributed by atoms with E-state index in [9.17, 15) is 14.7 Å². The number of carbonyl (C=O) groups excluding carboxylic acids is 1. The second kappa shape index (κ2) is 4.64. The maximum atomic E-state index is 12.6. The van der Waals surface area contributed by atoms with Crippen molar-refractivity contribution in [2.75, 3.05) is 12.3 Å². The van der Waals surface area contributed by atoms with Crippen molar-refractivity contribution in [3.8, 4) is 0 Å². The van der Waals surface area contributed by atoms with Crippen molar-refractivity contribution < 1.29 is 14.7 Å². The van der Waals surface area contributed by atoms with E-state index in [-0.39, 0.29) is 16.9 Å². The van der Waals surface area contributed by atoms with E-state index in [2.05, 4.69) is 0 Å². The normalized spacial score (nSPS) is 30.8. The molecule has 2 aliphatic heterocycles. The van der Waals surface area contributed by atoms with Gasteiger partial charge in [0.2, 0.25) is 0 Å². The summed E-state index contributed by atoms with van der Waals surface area (Å²) >= 11 is 1.53. The highest BCUT2D eigenvalue weighted by atomic mass is 32.2. The second-order valence-corrected chi connectivity index (χ2v) is 6.89. The number of carboxylic acids is 1. The molecule has 2 heterocycles. The summed E-state index contributed by atoms with van der Waals surface area (Å²) in [5.41, 5.74) is -0.160. The molecule has 0 aromatic carbocycles. The number of aliphatic carboxylic acids is 1. The van der Waals surface area contributed by atoms with Gasteiger partial charge in [0.1, 0.15) is 6.04 Å². The van der Waals surface area contributed by atoms with Crippen molar-refractivity contribution in [1.82, 2.24) is 9.80 Å². The summed E-state index contributed by atoms with van der Waals surface area (Å²) in [7, 11) is 0. The number of carbonyl (C=O) groups is 2. The van der Waals surface area contributed by atoms with Gasteiger partial charge in [0.05, 0.1) is 5.37 Å². The number of carboxylic acid groups (broad SMARTS) is 1. The minimum Gasteiger partial charge on any atom is -0.480 e. The molecule has 0 aromatic rings. The van der Waals surface area contributed by atoms with Crippen LogP contribution >= 0.6 is 11.8 Å². The van der Waals surface area contributed by atoms with Crippen LogP contribution in [0, 0.1) is 0 Å². The first-order chi connectivity index (χ1) is 8.34. The third-order valence-corrected chi connectivity index (χ3v) is 5.08. The molecule has 2 aliphatic rings. The smallest absolute Gasteiger partial charge is 0.327 e. The van der Waals surface area contributed by atoms with Crippen molar-refractivity contribution in [2.45, 2.75) is 50.6 Å². The topological polar surface area (TPSA) is 60.9 Å². The Balaban J connectivity index is 2.19. The minimum atomic E-state index is -0.905. The molecule has 2 fully saturated rings. The quantitative estimate of drug-likeness (QED) is 0.791. The zero-order chi connectivity index (χ0) is 13.5. The number of thioether (sulfide) groups is 1. The zero-order valence-electron chi connectivity index (χ0n) is 11.0. The van der Waals surface area contributed by atoms with Crippen LogP contribution in [0.5, 0.6) is 0 Å². The summed E-state index contributed by atoms with van der Waals surface area (Å²) in [6, 6.07) is -0.809. The Morgan fingerprint density at radius 2 is 2.06 bits per heavy atom. The molecular weight excluding hydrogens is 252 g/mol. The lowest BCUT2D eigenvalue weighted by molar-refractivity contribution is -0.141. The fourth-order valence-corrected chi connectivity index (χ4v) is 3.89. The van der Waals surface area contributed by atoms with E-state index in [1.54, 1.807) is 0 Å². The Kier molecular flexibility index (Phi) is 3.49. The molecule has 2 atom stereocenters. The fourth-order valence-electron chi connectivity index (χ4n) is 2.72. The van der Waals surface area contributed by atoms with Gasteiger partial charge in [-0.1, -0.05) is 0 Å². The third kappa shape index (κ3) is 2.18. The highest BCUT2D eigenvalue weighted by molar-refractivity contribution is 8.00. The molecule has 0 saturated carbocycles. The number of likely N-dealkylation sites (tertiary alicyclic amines) is 1. The molecule has 6 heteroatoms. The van der Waals surface area contributed by atoms with Gasteiger partial charge in [-0.3, -0.25) is 4.90 Å². The average Bonchev–Trinajstić information content (AvgIpc) is 2.80. The van der Waals surface area contributed by atoms with Crippen LogP contribution in [0.2, 0.25) is 0 Å². The molecule has 0 spiro atoms. The van der Waals surface area contributed by atoms with Gasteiger partial charge in [0, 0.05) is 17.8 Å². The van der Waals surface area contributed by atoms with E-state index < -0.39 is 12.0 Å². The first kappa shape index (κ1) is 13.5. The van der Waals surface area contributed by atoms with E-state index in [4.69, 9.17) is 0 Å². The van der Waals surface area contributed by atoms with Gasteiger partial charge in [-0.2, -0.15) is 0 Å². The molecule has 0 aromatic heterocycles. The molecular formula is C12H20N2O3S. The molecule has 2 rings (SSSR count). The maximum Gasteiger partial charge on any atom is 0.327 e.